The number of hydrogen-bond donors (Lipinski definition) is 7. The molecule has 214 valence electrons. The summed E-state index contributed by atoms with van der Waals surface area (Å²) in [7, 11) is 0. The van der Waals surface area contributed by atoms with E-state index in [-0.39, 0.29) is 23.9 Å². The number of aliphatic hydroxyl groups excluding tert-OH is 5. The quantitative estimate of drug-likeness (QED) is 0.181. The van der Waals surface area contributed by atoms with Crippen LogP contribution in [0.2, 0.25) is 0 Å². The normalized spacial score (nSPS) is 24.1. The van der Waals surface area contributed by atoms with Gasteiger partial charge in [-0.25, -0.2) is 0 Å². The second-order valence-corrected chi connectivity index (χ2v) is 10.8. The second kappa shape index (κ2) is 13.2. The maximum Gasteiger partial charge on any atom is 0.238 e. The van der Waals surface area contributed by atoms with Crippen molar-refractivity contribution in [1.29, 1.82) is 0 Å². The van der Waals surface area contributed by atoms with Gasteiger partial charge in [-0.15, -0.1) is 5.10 Å². The molecule has 0 spiro atoms. The molecule has 5 atom stereocenters. The van der Waals surface area contributed by atoms with Crippen molar-refractivity contribution >= 4 is 0 Å². The molecule has 0 saturated carbocycles. The Kier molecular flexibility index (Phi) is 10.5. The Morgan fingerprint density at radius 3 is 2.50 bits per heavy atom. The molecule has 0 unspecified atom stereocenters. The Morgan fingerprint density at radius 1 is 1.13 bits per heavy atom. The number of ether oxygens (including phenoxy) is 3. The average molecular weight is 538 g/mol. The fraction of sp³-hybridized carbons (Fsp3) is 0.667. The van der Waals surface area contributed by atoms with Gasteiger partial charge in [-0.3, -0.25) is 5.10 Å². The minimum Gasteiger partial charge on any atom is -0.494 e. The standard InChI is InChI=1S/C27H43N3O8/c1-15(2)21-19(25(30-29-21)38-26-24(35)23(34)22(33)20(13-31)37-26)12-17-7-8-18(11-16(17)3)36-10-6-9-28-27(4,5)14-32/h7-8,11,15,20,22-24,26,28,31-35H,6,9-10,12-14H2,1-5H3,(H,29,30)/t20-,22-,23+,24-,26+/m1/s1. The highest BCUT2D eigenvalue weighted by Gasteiger charge is 2.45. The zero-order chi connectivity index (χ0) is 28.0. The van der Waals surface area contributed by atoms with Crippen LogP contribution in [0, 0.1) is 6.92 Å². The number of aromatic nitrogens is 2. The summed E-state index contributed by atoms with van der Waals surface area (Å²) in [6, 6.07) is 5.89. The Labute approximate surface area is 223 Å². The summed E-state index contributed by atoms with van der Waals surface area (Å²) >= 11 is 0. The third-order valence-corrected chi connectivity index (χ3v) is 6.78. The maximum absolute atomic E-state index is 10.4. The van der Waals surface area contributed by atoms with Gasteiger partial charge < -0.3 is 45.1 Å². The molecule has 1 aliphatic heterocycles. The smallest absolute Gasteiger partial charge is 0.238 e. The van der Waals surface area contributed by atoms with Crippen molar-refractivity contribution in [3.05, 3.63) is 40.6 Å². The molecule has 0 aliphatic carbocycles. The Hall–Kier alpha value is -2.25. The molecular weight excluding hydrogens is 494 g/mol. The number of aromatic amines is 1. The number of nitrogens with zero attached hydrogens (tertiary/aromatic N) is 1. The molecule has 0 radical (unpaired) electrons. The Balaban J connectivity index is 1.69. The van der Waals surface area contributed by atoms with Gasteiger partial charge in [0.2, 0.25) is 12.2 Å². The van der Waals surface area contributed by atoms with E-state index in [2.05, 4.69) is 15.5 Å². The van der Waals surface area contributed by atoms with E-state index < -0.39 is 37.3 Å². The van der Waals surface area contributed by atoms with Crippen molar-refractivity contribution in [2.24, 2.45) is 0 Å². The molecule has 2 heterocycles. The fourth-order valence-corrected chi connectivity index (χ4v) is 4.27. The Bertz CT molecular complexity index is 1030. The third-order valence-electron chi connectivity index (χ3n) is 6.78. The summed E-state index contributed by atoms with van der Waals surface area (Å²) in [5.74, 6) is 1.09. The first-order valence-corrected chi connectivity index (χ1v) is 13.1. The summed E-state index contributed by atoms with van der Waals surface area (Å²) in [6.45, 7) is 10.7. The van der Waals surface area contributed by atoms with E-state index in [0.29, 0.717) is 13.0 Å². The second-order valence-electron chi connectivity index (χ2n) is 10.8. The van der Waals surface area contributed by atoms with Gasteiger partial charge in [0.05, 0.1) is 19.8 Å². The lowest BCUT2D eigenvalue weighted by molar-refractivity contribution is -0.278. The van der Waals surface area contributed by atoms with E-state index in [1.807, 2.05) is 52.8 Å². The van der Waals surface area contributed by atoms with Crippen molar-refractivity contribution < 1.29 is 39.7 Å². The zero-order valence-corrected chi connectivity index (χ0v) is 22.8. The fourth-order valence-electron chi connectivity index (χ4n) is 4.27. The van der Waals surface area contributed by atoms with E-state index in [9.17, 15) is 25.5 Å². The topological polar surface area (TPSA) is 170 Å². The zero-order valence-electron chi connectivity index (χ0n) is 22.8. The van der Waals surface area contributed by atoms with Crippen LogP contribution in [0.1, 0.15) is 62.4 Å². The first-order chi connectivity index (χ1) is 18.0. The molecule has 1 aromatic carbocycles. The largest absolute Gasteiger partial charge is 0.494 e. The summed E-state index contributed by atoms with van der Waals surface area (Å²) in [5, 5.41) is 60.0. The maximum atomic E-state index is 10.4. The number of aliphatic hydroxyl groups is 5. The number of aryl methyl sites for hydroxylation is 1. The Morgan fingerprint density at radius 2 is 1.87 bits per heavy atom. The third kappa shape index (κ3) is 7.44. The van der Waals surface area contributed by atoms with Crippen LogP contribution in [0.5, 0.6) is 11.6 Å². The van der Waals surface area contributed by atoms with Crippen molar-refractivity contribution in [2.45, 2.75) is 89.6 Å². The molecule has 11 nitrogen and oxygen atoms in total. The minimum absolute atomic E-state index is 0.0684. The van der Waals surface area contributed by atoms with Crippen molar-refractivity contribution in [3.63, 3.8) is 0 Å². The van der Waals surface area contributed by atoms with Crippen molar-refractivity contribution in [2.75, 3.05) is 26.4 Å². The molecule has 38 heavy (non-hydrogen) atoms. The first-order valence-electron chi connectivity index (χ1n) is 13.1. The highest BCUT2D eigenvalue weighted by atomic mass is 16.7. The molecule has 1 saturated heterocycles. The van der Waals surface area contributed by atoms with Gasteiger partial charge in [0, 0.05) is 23.2 Å². The van der Waals surface area contributed by atoms with E-state index in [1.54, 1.807) is 0 Å². The number of hydrogen-bond acceptors (Lipinski definition) is 10. The number of H-pyrrole nitrogens is 1. The minimum atomic E-state index is -1.54. The average Bonchev–Trinajstić information content (AvgIpc) is 3.27. The van der Waals surface area contributed by atoms with Crippen molar-refractivity contribution in [1.82, 2.24) is 15.5 Å². The summed E-state index contributed by atoms with van der Waals surface area (Å²) < 4.78 is 17.3. The molecule has 1 aliphatic rings. The van der Waals surface area contributed by atoms with Gasteiger partial charge in [-0.1, -0.05) is 19.9 Å². The molecule has 7 N–H and O–H groups in total. The molecule has 2 aromatic rings. The lowest BCUT2D eigenvalue weighted by atomic mass is 9.96. The van der Waals surface area contributed by atoms with Crippen LogP contribution in [0.15, 0.2) is 18.2 Å². The number of benzene rings is 1. The predicted molar refractivity (Wildman–Crippen MR) is 140 cm³/mol. The van der Waals surface area contributed by atoms with E-state index in [4.69, 9.17) is 14.2 Å². The van der Waals surface area contributed by atoms with Crippen LogP contribution < -0.4 is 14.8 Å². The first kappa shape index (κ1) is 30.3. The molecule has 0 bridgehead atoms. The van der Waals surface area contributed by atoms with Gasteiger partial charge >= 0.3 is 0 Å². The van der Waals surface area contributed by atoms with Crippen LogP contribution in [0.4, 0.5) is 0 Å². The molecular formula is C27H43N3O8. The summed E-state index contributed by atoms with van der Waals surface area (Å²) in [5.41, 5.74) is 3.39. The SMILES string of the molecule is Cc1cc(OCCCNC(C)(C)CO)ccc1Cc1c(O[C@@H]2O[C@H](CO)[C@@H](O)[C@H](O)[C@H]2O)n[nH]c1C(C)C. The highest BCUT2D eigenvalue weighted by molar-refractivity contribution is 5.42. The van der Waals surface area contributed by atoms with Gasteiger partial charge in [0.1, 0.15) is 30.2 Å². The van der Waals surface area contributed by atoms with E-state index in [0.717, 1.165) is 41.1 Å². The molecule has 0 amide bonds. The monoisotopic (exact) mass is 537 g/mol. The molecule has 1 aromatic heterocycles. The lowest BCUT2D eigenvalue weighted by Gasteiger charge is -2.39. The summed E-state index contributed by atoms with van der Waals surface area (Å²) in [6.07, 6.45) is -5.63. The molecule has 11 heteroatoms. The number of nitrogens with one attached hydrogen (secondary N) is 2. The van der Waals surface area contributed by atoms with Crippen LogP contribution in [-0.2, 0) is 11.2 Å². The summed E-state index contributed by atoms with van der Waals surface area (Å²) in [4.78, 5) is 0. The van der Waals surface area contributed by atoms with Gasteiger partial charge in [0.25, 0.3) is 0 Å². The van der Waals surface area contributed by atoms with Crippen LogP contribution in [0.25, 0.3) is 0 Å². The lowest BCUT2D eigenvalue weighted by Crippen LogP contribution is -2.60. The van der Waals surface area contributed by atoms with Gasteiger partial charge in [-0.05, 0) is 62.9 Å². The van der Waals surface area contributed by atoms with E-state index >= 15 is 0 Å². The number of rotatable bonds is 13. The highest BCUT2D eigenvalue weighted by Crippen LogP contribution is 2.32. The molecule has 1 fully saturated rings. The van der Waals surface area contributed by atoms with E-state index in [1.165, 1.54) is 0 Å². The van der Waals surface area contributed by atoms with Crippen LogP contribution >= 0.6 is 0 Å². The van der Waals surface area contributed by atoms with Gasteiger partial charge in [-0.2, -0.15) is 0 Å². The molecule has 3 rings (SSSR count). The predicted octanol–water partition coefficient (Wildman–Crippen LogP) is 0.740. The van der Waals surface area contributed by atoms with Crippen LogP contribution in [-0.4, -0.2) is 98.3 Å². The van der Waals surface area contributed by atoms with Gasteiger partial charge in [0.15, 0.2) is 0 Å². The van der Waals surface area contributed by atoms with Crippen LogP contribution in [0.3, 0.4) is 0 Å². The van der Waals surface area contributed by atoms with Crippen molar-refractivity contribution in [3.8, 4) is 11.6 Å².